The summed E-state index contributed by atoms with van der Waals surface area (Å²) < 4.78 is 0. The maximum atomic E-state index is 13.1. The summed E-state index contributed by atoms with van der Waals surface area (Å²) in [4.78, 5) is 43.8. The Morgan fingerprint density at radius 1 is 0.935 bits per heavy atom. The van der Waals surface area contributed by atoms with E-state index in [1.165, 1.54) is 0 Å². The zero-order chi connectivity index (χ0) is 22.0. The number of amides is 3. The lowest BCUT2D eigenvalue weighted by Crippen LogP contribution is -2.51. The molecule has 31 heavy (non-hydrogen) atoms. The number of carbonyl (C=O) groups is 3. The van der Waals surface area contributed by atoms with E-state index in [1.54, 1.807) is 9.91 Å². The predicted octanol–water partition coefficient (Wildman–Crippen LogP) is 0.119. The standard InChI is InChI=1S/C22H30N6O3/c1-25-11-13-27(14-12-25)21(30)16-7-9-26(10-8-16)22(31)18-15-19(20(23)29)28(24-18)17-5-3-2-4-6-17/h2-6,16,19H,7-15H2,1H3,(H2,23,29). The molecular formula is C22H30N6O3. The van der Waals surface area contributed by atoms with Crippen molar-refractivity contribution in [3.05, 3.63) is 30.3 Å². The molecule has 2 fully saturated rings. The first-order chi connectivity index (χ1) is 14.9. The van der Waals surface area contributed by atoms with Crippen molar-refractivity contribution in [3.63, 3.8) is 0 Å². The number of piperidine rings is 1. The summed E-state index contributed by atoms with van der Waals surface area (Å²) in [6.45, 7) is 4.40. The van der Waals surface area contributed by atoms with E-state index in [0.717, 1.165) is 31.9 Å². The van der Waals surface area contributed by atoms with Gasteiger partial charge in [0.15, 0.2) is 0 Å². The molecule has 1 aromatic rings. The van der Waals surface area contributed by atoms with Gasteiger partial charge in [-0.3, -0.25) is 19.4 Å². The van der Waals surface area contributed by atoms with Gasteiger partial charge in [-0.1, -0.05) is 18.2 Å². The second-order valence-electron chi connectivity index (χ2n) is 8.54. The average Bonchev–Trinajstić information content (AvgIpc) is 3.25. The molecule has 1 aromatic carbocycles. The van der Waals surface area contributed by atoms with Crippen molar-refractivity contribution in [3.8, 4) is 0 Å². The molecule has 0 bridgehead atoms. The maximum Gasteiger partial charge on any atom is 0.270 e. The monoisotopic (exact) mass is 426 g/mol. The van der Waals surface area contributed by atoms with Crippen molar-refractivity contribution in [1.82, 2.24) is 14.7 Å². The topological polar surface area (TPSA) is 103 Å². The molecule has 1 atom stereocenters. The molecule has 0 radical (unpaired) electrons. The molecule has 3 amide bonds. The normalized spacial score (nSPS) is 23.1. The Balaban J connectivity index is 1.37. The number of carbonyl (C=O) groups excluding carboxylic acids is 3. The molecule has 3 aliphatic heterocycles. The molecule has 0 saturated carbocycles. The molecular weight excluding hydrogens is 396 g/mol. The number of piperazine rings is 1. The lowest BCUT2D eigenvalue weighted by atomic mass is 9.94. The van der Waals surface area contributed by atoms with Crippen LogP contribution in [0.3, 0.4) is 0 Å². The number of hydrogen-bond acceptors (Lipinski definition) is 6. The maximum absolute atomic E-state index is 13.1. The molecule has 0 aliphatic carbocycles. The van der Waals surface area contributed by atoms with Crippen LogP contribution in [0.5, 0.6) is 0 Å². The van der Waals surface area contributed by atoms with E-state index in [-0.39, 0.29) is 24.2 Å². The molecule has 166 valence electrons. The van der Waals surface area contributed by atoms with E-state index in [9.17, 15) is 14.4 Å². The molecule has 1 unspecified atom stereocenters. The molecule has 0 aromatic heterocycles. The fourth-order valence-corrected chi connectivity index (χ4v) is 4.48. The van der Waals surface area contributed by atoms with Crippen LogP contribution in [0.1, 0.15) is 19.3 Å². The minimum absolute atomic E-state index is 0.0304. The van der Waals surface area contributed by atoms with Gasteiger partial charge in [-0.15, -0.1) is 0 Å². The zero-order valence-electron chi connectivity index (χ0n) is 17.9. The van der Waals surface area contributed by atoms with Crippen molar-refractivity contribution < 1.29 is 14.4 Å². The van der Waals surface area contributed by atoms with E-state index in [4.69, 9.17) is 5.73 Å². The number of rotatable bonds is 4. The molecule has 9 nitrogen and oxygen atoms in total. The van der Waals surface area contributed by atoms with Crippen molar-refractivity contribution in [1.29, 1.82) is 0 Å². The molecule has 9 heteroatoms. The largest absolute Gasteiger partial charge is 0.368 e. The highest BCUT2D eigenvalue weighted by Crippen LogP contribution is 2.26. The van der Waals surface area contributed by atoms with Crippen molar-refractivity contribution in [2.45, 2.75) is 25.3 Å². The summed E-state index contributed by atoms with van der Waals surface area (Å²) in [7, 11) is 2.07. The van der Waals surface area contributed by atoms with Gasteiger partial charge in [0.25, 0.3) is 5.91 Å². The Kier molecular flexibility index (Phi) is 6.22. The van der Waals surface area contributed by atoms with Crippen LogP contribution in [0.25, 0.3) is 0 Å². The van der Waals surface area contributed by atoms with E-state index in [2.05, 4.69) is 17.0 Å². The number of hydrazone groups is 1. The van der Waals surface area contributed by atoms with Gasteiger partial charge in [0, 0.05) is 51.6 Å². The number of anilines is 1. The lowest BCUT2D eigenvalue weighted by Gasteiger charge is -2.37. The highest BCUT2D eigenvalue weighted by molar-refractivity contribution is 6.40. The molecule has 4 rings (SSSR count). The minimum Gasteiger partial charge on any atom is -0.368 e. The first-order valence-corrected chi connectivity index (χ1v) is 10.9. The van der Waals surface area contributed by atoms with Crippen molar-refractivity contribution in [2.24, 2.45) is 16.8 Å². The number of hydrogen-bond donors (Lipinski definition) is 1. The van der Waals surface area contributed by atoms with Crippen LogP contribution in [-0.4, -0.2) is 90.5 Å². The lowest BCUT2D eigenvalue weighted by molar-refractivity contribution is -0.140. The minimum atomic E-state index is -0.669. The van der Waals surface area contributed by atoms with Crippen molar-refractivity contribution in [2.75, 3.05) is 51.3 Å². The Bertz CT molecular complexity index is 857. The Hall–Kier alpha value is -2.94. The number of primary amides is 1. The second-order valence-corrected chi connectivity index (χ2v) is 8.54. The smallest absolute Gasteiger partial charge is 0.270 e. The zero-order valence-corrected chi connectivity index (χ0v) is 17.9. The number of benzene rings is 1. The average molecular weight is 427 g/mol. The molecule has 3 heterocycles. The Morgan fingerprint density at radius 2 is 1.58 bits per heavy atom. The Morgan fingerprint density at radius 3 is 2.19 bits per heavy atom. The van der Waals surface area contributed by atoms with Gasteiger partial charge < -0.3 is 20.4 Å². The fourth-order valence-electron chi connectivity index (χ4n) is 4.48. The summed E-state index contributed by atoms with van der Waals surface area (Å²) in [5.74, 6) is -0.498. The third-order valence-electron chi connectivity index (χ3n) is 6.45. The number of likely N-dealkylation sites (N-methyl/N-ethyl adjacent to an activating group) is 1. The van der Waals surface area contributed by atoms with Crippen LogP contribution in [0.4, 0.5) is 5.69 Å². The van der Waals surface area contributed by atoms with Gasteiger partial charge in [0.2, 0.25) is 11.8 Å². The van der Waals surface area contributed by atoms with Gasteiger partial charge in [-0.25, -0.2) is 0 Å². The van der Waals surface area contributed by atoms with Gasteiger partial charge in [-0.2, -0.15) is 5.10 Å². The SMILES string of the molecule is CN1CCN(C(=O)C2CCN(C(=O)C3=NN(c4ccccc4)C(C(N)=O)C3)CC2)CC1. The third kappa shape index (κ3) is 4.56. The van der Waals surface area contributed by atoms with Crippen LogP contribution in [0.15, 0.2) is 35.4 Å². The van der Waals surface area contributed by atoms with E-state index in [0.29, 0.717) is 31.6 Å². The summed E-state index contributed by atoms with van der Waals surface area (Å²) in [5, 5.41) is 5.99. The van der Waals surface area contributed by atoms with Gasteiger partial charge >= 0.3 is 0 Å². The molecule has 3 aliphatic rings. The summed E-state index contributed by atoms with van der Waals surface area (Å²) >= 11 is 0. The number of likely N-dealkylation sites (tertiary alicyclic amines) is 1. The second kappa shape index (κ2) is 9.05. The molecule has 0 spiro atoms. The number of nitrogens with zero attached hydrogens (tertiary/aromatic N) is 5. The molecule has 2 saturated heterocycles. The first-order valence-electron chi connectivity index (χ1n) is 10.9. The van der Waals surface area contributed by atoms with Crippen LogP contribution in [-0.2, 0) is 14.4 Å². The Labute approximate surface area is 182 Å². The van der Waals surface area contributed by atoms with Crippen LogP contribution >= 0.6 is 0 Å². The quantitative estimate of drug-likeness (QED) is 0.737. The summed E-state index contributed by atoms with van der Waals surface area (Å²) in [6.07, 6.45) is 1.51. The van der Waals surface area contributed by atoms with E-state index >= 15 is 0 Å². The van der Waals surface area contributed by atoms with Gasteiger partial charge in [-0.05, 0) is 32.0 Å². The number of nitrogens with two attached hydrogens (primary N) is 1. The number of para-hydroxylation sites is 1. The van der Waals surface area contributed by atoms with Crippen molar-refractivity contribution >= 4 is 29.1 Å². The van der Waals surface area contributed by atoms with Gasteiger partial charge in [0.05, 0.1) is 5.69 Å². The first kappa shape index (κ1) is 21.3. The van der Waals surface area contributed by atoms with E-state index < -0.39 is 11.9 Å². The van der Waals surface area contributed by atoms with Crippen LogP contribution in [0.2, 0.25) is 0 Å². The summed E-state index contributed by atoms with van der Waals surface area (Å²) in [5.41, 5.74) is 6.64. The summed E-state index contributed by atoms with van der Waals surface area (Å²) in [6, 6.07) is 8.58. The van der Waals surface area contributed by atoms with E-state index in [1.807, 2.05) is 35.2 Å². The molecule has 2 N–H and O–H groups in total. The highest BCUT2D eigenvalue weighted by atomic mass is 16.2. The van der Waals surface area contributed by atoms with Crippen LogP contribution in [0, 0.1) is 5.92 Å². The van der Waals surface area contributed by atoms with Crippen LogP contribution < -0.4 is 10.7 Å². The van der Waals surface area contributed by atoms with Gasteiger partial charge in [0.1, 0.15) is 11.8 Å². The fraction of sp³-hybridized carbons (Fsp3) is 0.545. The highest BCUT2D eigenvalue weighted by Gasteiger charge is 2.38. The predicted molar refractivity (Wildman–Crippen MR) is 117 cm³/mol. The third-order valence-corrected chi connectivity index (χ3v) is 6.45.